The van der Waals surface area contributed by atoms with Gasteiger partial charge in [0.15, 0.2) is 0 Å². The average Bonchev–Trinajstić information content (AvgIpc) is 2.25. The summed E-state index contributed by atoms with van der Waals surface area (Å²) in [5.74, 6) is 0. The van der Waals surface area contributed by atoms with Crippen LogP contribution in [0.15, 0.2) is 12.3 Å². The Balaban J connectivity index is 5.61. The molecular weight excluding hydrogens is 350 g/mol. The minimum Gasteiger partial charge on any atom is -0.410 e. The zero-order valence-electron chi connectivity index (χ0n) is 10.6. The van der Waals surface area contributed by atoms with Crippen LogP contribution in [-0.4, -0.2) is 28.3 Å². The van der Waals surface area contributed by atoms with Crippen molar-refractivity contribution in [1.82, 2.24) is 0 Å². The third-order valence-electron chi connectivity index (χ3n) is 1.92. The van der Waals surface area contributed by atoms with Crippen molar-refractivity contribution in [3.05, 3.63) is 12.3 Å². The summed E-state index contributed by atoms with van der Waals surface area (Å²) in [5, 5.41) is 0. The number of rotatable bonds is 6. The zero-order valence-corrected chi connectivity index (χ0v) is 12.2. The molecule has 0 aromatic rings. The second-order valence-electron chi connectivity index (χ2n) is 3.69. The maximum Gasteiger partial charge on any atom is 0.502 e. The van der Waals surface area contributed by atoms with Gasteiger partial charge in [0.05, 0.1) is 6.26 Å². The van der Waals surface area contributed by atoms with Crippen molar-refractivity contribution in [2.24, 2.45) is 0 Å². The summed E-state index contributed by atoms with van der Waals surface area (Å²) < 4.78 is 109. The van der Waals surface area contributed by atoms with Gasteiger partial charge in [0.25, 0.3) is 9.84 Å². The molecule has 0 heterocycles. The summed E-state index contributed by atoms with van der Waals surface area (Å²) in [7, 11) is -12.2. The molecule has 0 saturated carbocycles. The molecule has 12 heteroatoms. The third-order valence-corrected chi connectivity index (χ3v) is 5.63. The maximum absolute atomic E-state index is 12.5. The quantitative estimate of drug-likeness (QED) is 0.315. The lowest BCUT2D eigenvalue weighted by Crippen LogP contribution is -2.33. The molecule has 0 fully saturated rings. The van der Waals surface area contributed by atoms with Crippen molar-refractivity contribution in [2.45, 2.75) is 37.2 Å². The first-order valence-electron chi connectivity index (χ1n) is 5.36. The monoisotopic (exact) mass is 362 g/mol. The molecule has 0 aromatic carbocycles. The molecule has 0 saturated heterocycles. The number of allylic oxidation sites excluding steroid dienone is 1. The first kappa shape index (κ1) is 20.1. The number of alkyl halides is 6. The molecular formula is C9H12F6O4S2. The number of hydrogen-bond donors (Lipinski definition) is 0. The predicted octanol–water partition coefficient (Wildman–Crippen LogP) is 3.12. The van der Waals surface area contributed by atoms with E-state index in [4.69, 9.17) is 0 Å². The Morgan fingerprint density at radius 2 is 1.52 bits per heavy atom. The molecule has 0 amide bonds. The van der Waals surface area contributed by atoms with Crippen LogP contribution in [0.1, 0.15) is 26.2 Å². The fourth-order valence-corrected chi connectivity index (χ4v) is 3.61. The molecule has 0 aromatic heterocycles. The van der Waals surface area contributed by atoms with Crippen LogP contribution in [0.25, 0.3) is 0 Å². The number of hydrogen-bond acceptors (Lipinski definition) is 4. The van der Waals surface area contributed by atoms with Crippen LogP contribution in [-0.2, 0) is 23.8 Å². The Kier molecular flexibility index (Phi) is 6.60. The van der Waals surface area contributed by atoms with E-state index in [1.54, 1.807) is 6.92 Å². The summed E-state index contributed by atoms with van der Waals surface area (Å²) in [6, 6.07) is 0. The van der Waals surface area contributed by atoms with Crippen LogP contribution in [0.2, 0.25) is 0 Å². The minimum atomic E-state index is -6.37. The van der Waals surface area contributed by atoms with E-state index in [1.807, 2.05) is 0 Å². The minimum absolute atomic E-state index is 0.232. The molecule has 0 N–H and O–H groups in total. The molecule has 0 spiro atoms. The molecule has 0 aliphatic carbocycles. The van der Waals surface area contributed by atoms with Gasteiger partial charge in [0.2, 0.25) is 9.80 Å². The SMILES string of the molecule is CCCC/C=C\OS(=O)(=CS(=O)(=O)C(F)(F)F)C(F)(F)F. The highest BCUT2D eigenvalue weighted by molar-refractivity contribution is 8.20. The van der Waals surface area contributed by atoms with Gasteiger partial charge in [-0.05, 0) is 18.9 Å². The fraction of sp³-hybridized carbons (Fsp3) is 0.667. The van der Waals surface area contributed by atoms with Crippen molar-refractivity contribution in [2.75, 3.05) is 0 Å². The lowest BCUT2D eigenvalue weighted by Gasteiger charge is -2.14. The van der Waals surface area contributed by atoms with Crippen molar-refractivity contribution < 1.29 is 43.2 Å². The molecule has 126 valence electrons. The molecule has 0 aliphatic rings. The van der Waals surface area contributed by atoms with Gasteiger partial charge in [0, 0.05) is 0 Å². The lowest BCUT2D eigenvalue weighted by molar-refractivity contribution is -0.0461. The van der Waals surface area contributed by atoms with E-state index in [9.17, 15) is 39.0 Å². The third kappa shape index (κ3) is 5.77. The maximum atomic E-state index is 12.5. The second-order valence-corrected chi connectivity index (χ2v) is 7.76. The van der Waals surface area contributed by atoms with Gasteiger partial charge in [-0.25, -0.2) is 12.6 Å². The summed E-state index contributed by atoms with van der Waals surface area (Å²) in [4.78, 5) is 0. The second kappa shape index (κ2) is 6.90. The van der Waals surface area contributed by atoms with Crippen molar-refractivity contribution >= 4 is 24.3 Å². The summed E-state index contributed by atoms with van der Waals surface area (Å²) in [6.07, 6.45) is 2.76. The summed E-state index contributed by atoms with van der Waals surface area (Å²) in [6.45, 7) is 1.78. The molecule has 1 atom stereocenters. The topological polar surface area (TPSA) is 60.4 Å². The van der Waals surface area contributed by atoms with E-state index in [0.29, 0.717) is 12.8 Å². The highest BCUT2D eigenvalue weighted by Crippen LogP contribution is 2.29. The summed E-state index contributed by atoms with van der Waals surface area (Å²) >= 11 is 0. The van der Waals surface area contributed by atoms with Gasteiger partial charge >= 0.3 is 11.0 Å². The van der Waals surface area contributed by atoms with Crippen molar-refractivity contribution in [3.63, 3.8) is 0 Å². The number of halogens is 6. The van der Waals surface area contributed by atoms with E-state index < -0.39 is 35.4 Å². The number of unbranched alkanes of at least 4 members (excludes halogenated alkanes) is 2. The normalized spacial score (nSPS) is 16.7. The Morgan fingerprint density at radius 3 is 1.90 bits per heavy atom. The Labute approximate surface area is 117 Å². The molecule has 0 aliphatic heterocycles. The molecule has 0 rings (SSSR count). The first-order valence-corrected chi connectivity index (χ1v) is 8.46. The van der Waals surface area contributed by atoms with E-state index in [1.165, 1.54) is 0 Å². The molecule has 0 bridgehead atoms. The van der Waals surface area contributed by atoms with E-state index in [2.05, 4.69) is 4.18 Å². The van der Waals surface area contributed by atoms with Gasteiger partial charge < -0.3 is 4.18 Å². The van der Waals surface area contributed by atoms with Crippen LogP contribution in [0, 0.1) is 0 Å². The Morgan fingerprint density at radius 1 is 1.00 bits per heavy atom. The highest BCUT2D eigenvalue weighted by Gasteiger charge is 2.51. The number of sulfone groups is 1. The summed E-state index contributed by atoms with van der Waals surface area (Å²) in [5.41, 5.74) is -11.8. The standard InChI is InChI=1S/C9H12F6O4S2/c1-2-3-4-5-6-19-21(18,9(13,14)15)7-20(16,17)8(10,11)12/h5-7H,2-4H2,1H3/b6-5-. The molecule has 0 radical (unpaired) electrons. The molecule has 21 heavy (non-hydrogen) atoms. The van der Waals surface area contributed by atoms with Gasteiger partial charge in [-0.2, -0.15) is 26.3 Å². The van der Waals surface area contributed by atoms with Crippen molar-refractivity contribution in [1.29, 1.82) is 0 Å². The van der Waals surface area contributed by atoms with Gasteiger partial charge in [0.1, 0.15) is 4.70 Å². The Bertz CT molecular complexity index is 578. The Hall–Kier alpha value is -0.910. The molecule has 4 nitrogen and oxygen atoms in total. The lowest BCUT2D eigenvalue weighted by atomic mass is 10.2. The smallest absolute Gasteiger partial charge is 0.410 e. The molecule has 1 unspecified atom stereocenters. The van der Waals surface area contributed by atoms with Gasteiger partial charge in [-0.15, -0.1) is 0 Å². The zero-order chi connectivity index (χ0) is 16.9. The fourth-order valence-electron chi connectivity index (χ4n) is 0.865. The first-order chi connectivity index (χ1) is 9.27. The van der Waals surface area contributed by atoms with Gasteiger partial charge in [-0.1, -0.05) is 13.3 Å². The van der Waals surface area contributed by atoms with E-state index in [0.717, 1.165) is 6.08 Å². The largest absolute Gasteiger partial charge is 0.502 e. The van der Waals surface area contributed by atoms with E-state index >= 15 is 0 Å². The predicted molar refractivity (Wildman–Crippen MR) is 65.0 cm³/mol. The van der Waals surface area contributed by atoms with Crippen LogP contribution in [0.4, 0.5) is 26.3 Å². The van der Waals surface area contributed by atoms with Crippen LogP contribution in [0.3, 0.4) is 0 Å². The average molecular weight is 362 g/mol. The van der Waals surface area contributed by atoms with Crippen LogP contribution >= 0.6 is 0 Å². The highest BCUT2D eigenvalue weighted by atomic mass is 32.3. The van der Waals surface area contributed by atoms with Crippen molar-refractivity contribution in [3.8, 4) is 0 Å². The van der Waals surface area contributed by atoms with Gasteiger partial charge in [-0.3, -0.25) is 0 Å². The van der Waals surface area contributed by atoms with E-state index in [-0.39, 0.29) is 12.7 Å². The van der Waals surface area contributed by atoms with Crippen LogP contribution in [0.5, 0.6) is 0 Å². The van der Waals surface area contributed by atoms with Crippen LogP contribution < -0.4 is 0 Å².